The van der Waals surface area contributed by atoms with Crippen molar-refractivity contribution in [3.8, 4) is 0 Å². The van der Waals surface area contributed by atoms with E-state index in [0.29, 0.717) is 15.7 Å². The smallest absolute Gasteiger partial charge is 0.350 e. The van der Waals surface area contributed by atoms with Crippen molar-refractivity contribution in [2.75, 3.05) is 23.9 Å². The van der Waals surface area contributed by atoms with Crippen LogP contribution in [0.3, 0.4) is 0 Å². The number of carbonyl (C=O) groups is 3. The maximum atomic E-state index is 13.0. The van der Waals surface area contributed by atoms with Crippen molar-refractivity contribution >= 4 is 46.1 Å². The zero-order chi connectivity index (χ0) is 23.6. The number of anilines is 1. The molecule has 1 heterocycles. The van der Waals surface area contributed by atoms with Crippen molar-refractivity contribution in [3.05, 3.63) is 76.8 Å². The third kappa shape index (κ3) is 7.16. The van der Waals surface area contributed by atoms with Crippen molar-refractivity contribution < 1.29 is 23.9 Å². The van der Waals surface area contributed by atoms with E-state index in [-0.39, 0.29) is 18.9 Å². The van der Waals surface area contributed by atoms with Gasteiger partial charge in [-0.05, 0) is 31.5 Å². The minimum absolute atomic E-state index is 0.0966. The fourth-order valence-electron chi connectivity index (χ4n) is 2.83. The Balaban J connectivity index is 1.70. The van der Waals surface area contributed by atoms with Gasteiger partial charge in [0.05, 0.1) is 24.6 Å². The number of hydrogen-bond donors (Lipinski definition) is 0. The summed E-state index contributed by atoms with van der Waals surface area (Å²) >= 11 is 2.42. The fourth-order valence-corrected chi connectivity index (χ4v) is 4.53. The highest BCUT2D eigenvalue weighted by Gasteiger charge is 2.25. The lowest BCUT2D eigenvalue weighted by molar-refractivity contribution is -0.145. The van der Waals surface area contributed by atoms with E-state index in [4.69, 9.17) is 9.47 Å². The summed E-state index contributed by atoms with van der Waals surface area (Å²) in [7, 11) is 0. The average molecular weight is 485 g/mol. The van der Waals surface area contributed by atoms with E-state index in [1.54, 1.807) is 13.8 Å². The fraction of sp³-hybridized carbons (Fsp3) is 0.250. The predicted octanol–water partition coefficient (Wildman–Crippen LogP) is 4.50. The molecule has 0 saturated carbocycles. The largest absolute Gasteiger partial charge is 0.462 e. The van der Waals surface area contributed by atoms with Crippen molar-refractivity contribution in [1.29, 1.82) is 0 Å². The van der Waals surface area contributed by atoms with E-state index >= 15 is 0 Å². The van der Waals surface area contributed by atoms with Gasteiger partial charge in [-0.15, -0.1) is 11.8 Å². The van der Waals surface area contributed by atoms with Gasteiger partial charge in [0, 0.05) is 4.90 Å². The summed E-state index contributed by atoms with van der Waals surface area (Å²) in [5, 5.41) is 0.346. The maximum absolute atomic E-state index is 13.0. The number of thioether (sulfide) groups is 1. The summed E-state index contributed by atoms with van der Waals surface area (Å²) in [6, 6.07) is 18.9. The molecule has 33 heavy (non-hydrogen) atoms. The molecule has 0 aliphatic rings. The molecule has 9 heteroatoms. The molecule has 0 radical (unpaired) electrons. The Morgan fingerprint density at radius 1 is 1.00 bits per heavy atom. The standard InChI is InChI=1S/C24H24N2O5S2/c1-3-30-23(29)22-17(2)25-24(33-22)26(14-18-10-6-4-7-11-18)20(27)15-31-21(28)16-32-19-12-8-5-9-13-19/h4-13H,3,14-16H2,1-2H3. The van der Waals surface area contributed by atoms with Crippen LogP contribution in [0.2, 0.25) is 0 Å². The molecule has 3 aromatic rings. The van der Waals surface area contributed by atoms with E-state index in [0.717, 1.165) is 21.8 Å². The van der Waals surface area contributed by atoms with Crippen molar-refractivity contribution in [1.82, 2.24) is 4.98 Å². The Kier molecular flexibility index (Phi) is 9.03. The molecule has 0 bridgehead atoms. The van der Waals surface area contributed by atoms with Gasteiger partial charge in [-0.3, -0.25) is 14.5 Å². The highest BCUT2D eigenvalue weighted by molar-refractivity contribution is 8.00. The molecular weight excluding hydrogens is 460 g/mol. The molecule has 0 unspecified atom stereocenters. The van der Waals surface area contributed by atoms with E-state index in [1.165, 1.54) is 16.7 Å². The lowest BCUT2D eigenvalue weighted by atomic mass is 10.2. The van der Waals surface area contributed by atoms with Crippen molar-refractivity contribution in [3.63, 3.8) is 0 Å². The number of aromatic nitrogens is 1. The molecule has 7 nitrogen and oxygen atoms in total. The summed E-state index contributed by atoms with van der Waals surface area (Å²) in [6.45, 7) is 3.47. The minimum atomic E-state index is -0.487. The van der Waals surface area contributed by atoms with Gasteiger partial charge in [0.25, 0.3) is 5.91 Å². The molecule has 3 rings (SSSR count). The normalized spacial score (nSPS) is 10.5. The Hall–Kier alpha value is -3.17. The Labute approximate surface area is 200 Å². The summed E-state index contributed by atoms with van der Waals surface area (Å²) in [6.07, 6.45) is 0. The third-order valence-electron chi connectivity index (χ3n) is 4.42. The van der Waals surface area contributed by atoms with E-state index < -0.39 is 24.5 Å². The number of amides is 1. The SMILES string of the molecule is CCOC(=O)c1sc(N(Cc2ccccc2)C(=O)COC(=O)CSc2ccccc2)nc1C. The molecule has 0 aliphatic carbocycles. The molecule has 1 aromatic heterocycles. The summed E-state index contributed by atoms with van der Waals surface area (Å²) in [4.78, 5) is 44.5. The first-order valence-corrected chi connectivity index (χ1v) is 12.1. The highest BCUT2D eigenvalue weighted by atomic mass is 32.2. The van der Waals surface area contributed by atoms with Crippen LogP contribution in [0, 0.1) is 6.92 Å². The molecule has 0 N–H and O–H groups in total. The van der Waals surface area contributed by atoms with Crippen LogP contribution in [-0.4, -0.2) is 41.8 Å². The monoisotopic (exact) mass is 484 g/mol. The number of carbonyl (C=O) groups excluding carboxylic acids is 3. The maximum Gasteiger partial charge on any atom is 0.350 e. The van der Waals surface area contributed by atoms with Gasteiger partial charge in [0.15, 0.2) is 11.7 Å². The molecule has 172 valence electrons. The van der Waals surface area contributed by atoms with Gasteiger partial charge >= 0.3 is 11.9 Å². The second-order valence-electron chi connectivity index (χ2n) is 6.86. The van der Waals surface area contributed by atoms with Gasteiger partial charge in [-0.2, -0.15) is 0 Å². The molecule has 0 atom stereocenters. The van der Waals surface area contributed by atoms with Crippen molar-refractivity contribution in [2.45, 2.75) is 25.3 Å². The van der Waals surface area contributed by atoms with Gasteiger partial charge in [0.1, 0.15) is 4.88 Å². The van der Waals surface area contributed by atoms with E-state index in [2.05, 4.69) is 4.98 Å². The van der Waals surface area contributed by atoms with Gasteiger partial charge < -0.3 is 9.47 Å². The molecule has 0 aliphatic heterocycles. The third-order valence-corrected chi connectivity index (χ3v) is 6.56. The number of ether oxygens (including phenoxy) is 2. The predicted molar refractivity (Wildman–Crippen MR) is 129 cm³/mol. The first kappa shape index (κ1) is 24.5. The molecule has 0 spiro atoms. The number of benzene rings is 2. The quantitative estimate of drug-likeness (QED) is 0.309. The minimum Gasteiger partial charge on any atom is -0.462 e. The zero-order valence-corrected chi connectivity index (χ0v) is 20.0. The Bertz CT molecular complexity index is 1090. The number of esters is 2. The van der Waals surface area contributed by atoms with Gasteiger partial charge in [0.2, 0.25) is 0 Å². The van der Waals surface area contributed by atoms with Crippen LogP contribution in [-0.2, 0) is 25.6 Å². The molecular formula is C24H24N2O5S2. The number of thiazole rings is 1. The molecule has 1 amide bonds. The van der Waals surface area contributed by atoms with Gasteiger partial charge in [-0.1, -0.05) is 59.9 Å². The lowest BCUT2D eigenvalue weighted by Crippen LogP contribution is -2.34. The van der Waals surface area contributed by atoms with Crippen LogP contribution >= 0.6 is 23.1 Å². The topological polar surface area (TPSA) is 85.8 Å². The van der Waals surface area contributed by atoms with Crippen LogP contribution in [0.1, 0.15) is 27.9 Å². The van der Waals surface area contributed by atoms with Crippen LogP contribution in [0.25, 0.3) is 0 Å². The summed E-state index contributed by atoms with van der Waals surface area (Å²) < 4.78 is 10.3. The second-order valence-corrected chi connectivity index (χ2v) is 8.89. The van der Waals surface area contributed by atoms with E-state index in [1.807, 2.05) is 60.7 Å². The van der Waals surface area contributed by atoms with Crippen LogP contribution in [0.15, 0.2) is 65.6 Å². The average Bonchev–Trinajstić information content (AvgIpc) is 3.22. The van der Waals surface area contributed by atoms with Crippen LogP contribution in [0.5, 0.6) is 0 Å². The molecule has 0 fully saturated rings. The second kappa shape index (κ2) is 12.2. The summed E-state index contributed by atoms with van der Waals surface area (Å²) in [5.74, 6) is -1.30. The number of aryl methyl sites for hydroxylation is 1. The summed E-state index contributed by atoms with van der Waals surface area (Å²) in [5.41, 5.74) is 1.36. The molecule has 0 saturated heterocycles. The van der Waals surface area contributed by atoms with E-state index in [9.17, 15) is 14.4 Å². The number of nitrogens with zero attached hydrogens (tertiary/aromatic N) is 2. The van der Waals surface area contributed by atoms with Gasteiger partial charge in [-0.25, -0.2) is 9.78 Å². The Morgan fingerprint density at radius 2 is 1.67 bits per heavy atom. The van der Waals surface area contributed by atoms with Crippen molar-refractivity contribution in [2.24, 2.45) is 0 Å². The first-order valence-electron chi connectivity index (χ1n) is 10.3. The number of rotatable bonds is 10. The number of hydrogen-bond acceptors (Lipinski definition) is 8. The van der Waals surface area contributed by atoms with Crippen LogP contribution < -0.4 is 4.90 Å². The molecule has 2 aromatic carbocycles. The zero-order valence-electron chi connectivity index (χ0n) is 18.4. The highest BCUT2D eigenvalue weighted by Crippen LogP contribution is 2.28. The first-order chi connectivity index (χ1) is 16.0. The lowest BCUT2D eigenvalue weighted by Gasteiger charge is -2.20. The Morgan fingerprint density at radius 3 is 2.33 bits per heavy atom. The van der Waals surface area contributed by atoms with Crippen LogP contribution in [0.4, 0.5) is 5.13 Å².